The van der Waals surface area contributed by atoms with E-state index < -0.39 is 0 Å². The van der Waals surface area contributed by atoms with Crippen LogP contribution in [0.25, 0.3) is 0 Å². The standard InChI is InChI=1S/C14H22N2O2/c1-11-7-8-13(18-11)10-16(2)14(17)9-15-12-5-3-4-6-12/h7-8,12,15H,3-6,9-10H2,1-2H3. The van der Waals surface area contributed by atoms with E-state index in [9.17, 15) is 4.79 Å². The van der Waals surface area contributed by atoms with E-state index in [1.54, 1.807) is 4.90 Å². The number of amides is 1. The van der Waals surface area contributed by atoms with E-state index in [1.165, 1.54) is 25.7 Å². The molecular weight excluding hydrogens is 228 g/mol. The summed E-state index contributed by atoms with van der Waals surface area (Å²) in [6.07, 6.45) is 4.98. The van der Waals surface area contributed by atoms with Crippen LogP contribution in [0.4, 0.5) is 0 Å². The van der Waals surface area contributed by atoms with Crippen LogP contribution >= 0.6 is 0 Å². The lowest BCUT2D eigenvalue weighted by Gasteiger charge is -2.18. The number of likely N-dealkylation sites (N-methyl/N-ethyl adjacent to an activating group) is 1. The third kappa shape index (κ3) is 3.60. The first kappa shape index (κ1) is 13.1. The highest BCUT2D eigenvalue weighted by Crippen LogP contribution is 2.17. The lowest BCUT2D eigenvalue weighted by atomic mass is 10.2. The smallest absolute Gasteiger partial charge is 0.236 e. The Morgan fingerprint density at radius 1 is 1.44 bits per heavy atom. The van der Waals surface area contributed by atoms with Crippen LogP contribution < -0.4 is 5.32 Å². The number of carbonyl (C=O) groups is 1. The van der Waals surface area contributed by atoms with E-state index in [0.29, 0.717) is 19.1 Å². The summed E-state index contributed by atoms with van der Waals surface area (Å²) in [4.78, 5) is 13.6. The zero-order valence-corrected chi connectivity index (χ0v) is 11.2. The first-order chi connectivity index (χ1) is 8.65. The van der Waals surface area contributed by atoms with Crippen molar-refractivity contribution in [1.29, 1.82) is 0 Å². The number of furan rings is 1. The van der Waals surface area contributed by atoms with Crippen LogP contribution in [0.1, 0.15) is 37.2 Å². The molecule has 1 amide bonds. The Morgan fingerprint density at radius 2 is 2.17 bits per heavy atom. The van der Waals surface area contributed by atoms with Crippen molar-refractivity contribution in [3.8, 4) is 0 Å². The Kier molecular flexibility index (Phi) is 4.42. The maximum Gasteiger partial charge on any atom is 0.236 e. The summed E-state index contributed by atoms with van der Waals surface area (Å²) < 4.78 is 5.47. The number of carbonyl (C=O) groups excluding carboxylic acids is 1. The summed E-state index contributed by atoms with van der Waals surface area (Å²) in [6, 6.07) is 4.38. The van der Waals surface area contributed by atoms with Crippen LogP contribution in [0.5, 0.6) is 0 Å². The van der Waals surface area contributed by atoms with Crippen LogP contribution in [0.3, 0.4) is 0 Å². The molecule has 0 spiro atoms. The van der Waals surface area contributed by atoms with Crippen molar-refractivity contribution in [2.45, 2.75) is 45.2 Å². The lowest BCUT2D eigenvalue weighted by molar-refractivity contribution is -0.129. The van der Waals surface area contributed by atoms with E-state index in [0.717, 1.165) is 11.5 Å². The molecule has 0 bridgehead atoms. The molecule has 1 aromatic rings. The molecule has 0 unspecified atom stereocenters. The molecule has 4 heteroatoms. The monoisotopic (exact) mass is 250 g/mol. The number of aryl methyl sites for hydroxylation is 1. The van der Waals surface area contributed by atoms with Gasteiger partial charge in [-0.15, -0.1) is 0 Å². The first-order valence-electron chi connectivity index (χ1n) is 6.68. The fourth-order valence-corrected chi connectivity index (χ4v) is 2.39. The fourth-order valence-electron chi connectivity index (χ4n) is 2.39. The Bertz CT molecular complexity index is 394. The van der Waals surface area contributed by atoms with Gasteiger partial charge in [0.15, 0.2) is 0 Å². The maximum absolute atomic E-state index is 11.9. The predicted octanol–water partition coefficient (Wildman–Crippen LogP) is 2.08. The van der Waals surface area contributed by atoms with Crippen LogP contribution in [0.2, 0.25) is 0 Å². The topological polar surface area (TPSA) is 45.5 Å². The van der Waals surface area contributed by atoms with Gasteiger partial charge in [0.25, 0.3) is 0 Å². The highest BCUT2D eigenvalue weighted by atomic mass is 16.3. The highest BCUT2D eigenvalue weighted by molar-refractivity contribution is 5.77. The highest BCUT2D eigenvalue weighted by Gasteiger charge is 2.17. The van der Waals surface area contributed by atoms with E-state index >= 15 is 0 Å². The van der Waals surface area contributed by atoms with Gasteiger partial charge in [0.2, 0.25) is 5.91 Å². The van der Waals surface area contributed by atoms with E-state index in [-0.39, 0.29) is 5.91 Å². The third-order valence-corrected chi connectivity index (χ3v) is 3.51. The molecule has 0 aromatic carbocycles. The molecule has 4 nitrogen and oxygen atoms in total. The summed E-state index contributed by atoms with van der Waals surface area (Å²) in [7, 11) is 1.82. The molecule has 1 heterocycles. The molecule has 100 valence electrons. The van der Waals surface area contributed by atoms with Crippen molar-refractivity contribution in [2.24, 2.45) is 0 Å². The summed E-state index contributed by atoms with van der Waals surface area (Å²) in [6.45, 7) is 2.88. The Labute approximate surface area is 108 Å². The number of nitrogens with one attached hydrogen (secondary N) is 1. The van der Waals surface area contributed by atoms with Crippen molar-refractivity contribution in [2.75, 3.05) is 13.6 Å². The Balaban J connectivity index is 1.74. The van der Waals surface area contributed by atoms with Gasteiger partial charge >= 0.3 is 0 Å². The van der Waals surface area contributed by atoms with Gasteiger partial charge in [0.1, 0.15) is 11.5 Å². The quantitative estimate of drug-likeness (QED) is 0.870. The van der Waals surface area contributed by atoms with E-state index in [4.69, 9.17) is 4.42 Å². The normalized spacial score (nSPS) is 16.1. The zero-order chi connectivity index (χ0) is 13.0. The van der Waals surface area contributed by atoms with Gasteiger partial charge < -0.3 is 14.6 Å². The molecule has 1 aromatic heterocycles. The largest absolute Gasteiger partial charge is 0.464 e. The van der Waals surface area contributed by atoms with Crippen LogP contribution in [0.15, 0.2) is 16.5 Å². The lowest BCUT2D eigenvalue weighted by Crippen LogP contribution is -2.38. The summed E-state index contributed by atoms with van der Waals surface area (Å²) in [5, 5.41) is 3.33. The van der Waals surface area contributed by atoms with Crippen LogP contribution in [-0.4, -0.2) is 30.4 Å². The van der Waals surface area contributed by atoms with Gasteiger partial charge in [0, 0.05) is 13.1 Å². The van der Waals surface area contributed by atoms with Gasteiger partial charge in [-0.3, -0.25) is 4.79 Å². The van der Waals surface area contributed by atoms with Crippen molar-refractivity contribution in [3.05, 3.63) is 23.7 Å². The van der Waals surface area contributed by atoms with Gasteiger partial charge in [0.05, 0.1) is 13.1 Å². The van der Waals surface area contributed by atoms with Gasteiger partial charge in [-0.25, -0.2) is 0 Å². The molecule has 1 aliphatic carbocycles. The Morgan fingerprint density at radius 3 is 2.78 bits per heavy atom. The van der Waals surface area contributed by atoms with Crippen molar-refractivity contribution < 1.29 is 9.21 Å². The fraction of sp³-hybridized carbons (Fsp3) is 0.643. The van der Waals surface area contributed by atoms with E-state index in [1.807, 2.05) is 26.1 Å². The maximum atomic E-state index is 11.9. The molecule has 18 heavy (non-hydrogen) atoms. The summed E-state index contributed by atoms with van der Waals surface area (Å²) >= 11 is 0. The minimum atomic E-state index is 0.121. The zero-order valence-electron chi connectivity index (χ0n) is 11.2. The molecule has 1 N–H and O–H groups in total. The van der Waals surface area contributed by atoms with Gasteiger partial charge in [-0.2, -0.15) is 0 Å². The molecule has 0 radical (unpaired) electrons. The molecule has 2 rings (SSSR count). The molecule has 0 aliphatic heterocycles. The van der Waals surface area contributed by atoms with Crippen LogP contribution in [0, 0.1) is 6.92 Å². The average molecular weight is 250 g/mol. The molecule has 0 atom stereocenters. The SMILES string of the molecule is Cc1ccc(CN(C)C(=O)CNC2CCCC2)o1. The Hall–Kier alpha value is -1.29. The molecular formula is C14H22N2O2. The van der Waals surface area contributed by atoms with Crippen molar-refractivity contribution in [3.63, 3.8) is 0 Å². The second-order valence-corrected chi connectivity index (χ2v) is 5.12. The first-order valence-corrected chi connectivity index (χ1v) is 6.68. The molecule has 1 aliphatic rings. The number of rotatable bonds is 5. The molecule has 1 fully saturated rings. The van der Waals surface area contributed by atoms with Gasteiger partial charge in [-0.1, -0.05) is 12.8 Å². The number of hydrogen-bond donors (Lipinski definition) is 1. The number of hydrogen-bond acceptors (Lipinski definition) is 3. The third-order valence-electron chi connectivity index (χ3n) is 3.51. The summed E-state index contributed by atoms with van der Waals surface area (Å²) in [5.41, 5.74) is 0. The predicted molar refractivity (Wildman–Crippen MR) is 70.2 cm³/mol. The molecule has 0 saturated heterocycles. The van der Waals surface area contributed by atoms with Crippen LogP contribution in [-0.2, 0) is 11.3 Å². The second-order valence-electron chi connectivity index (χ2n) is 5.12. The van der Waals surface area contributed by atoms with Gasteiger partial charge in [-0.05, 0) is 31.9 Å². The molecule has 1 saturated carbocycles. The van der Waals surface area contributed by atoms with Crippen molar-refractivity contribution in [1.82, 2.24) is 10.2 Å². The minimum Gasteiger partial charge on any atom is -0.464 e. The minimum absolute atomic E-state index is 0.121. The summed E-state index contributed by atoms with van der Waals surface area (Å²) in [5.74, 6) is 1.84. The number of nitrogens with zero attached hydrogens (tertiary/aromatic N) is 1. The second kappa shape index (κ2) is 6.05. The van der Waals surface area contributed by atoms with E-state index in [2.05, 4.69) is 5.32 Å². The van der Waals surface area contributed by atoms with Crippen molar-refractivity contribution >= 4 is 5.91 Å². The average Bonchev–Trinajstić information content (AvgIpc) is 2.97.